The monoisotopic (exact) mass is 415 g/mol. The quantitative estimate of drug-likeness (QED) is 0.515. The molecule has 0 fully saturated rings. The molecule has 28 heavy (non-hydrogen) atoms. The molecule has 2 amide bonds. The maximum Gasteiger partial charge on any atom is 0.240 e. The molecule has 0 saturated heterocycles. The second kappa shape index (κ2) is 8.81. The summed E-state index contributed by atoms with van der Waals surface area (Å²) < 4.78 is 1.84. The number of primary amides is 1. The molecule has 0 aliphatic carbocycles. The lowest BCUT2D eigenvalue weighted by molar-refractivity contribution is -0.127. The fourth-order valence-electron chi connectivity index (χ4n) is 2.74. The summed E-state index contributed by atoms with van der Waals surface area (Å²) in [5.41, 5.74) is 7.11. The SMILES string of the molecule is NC(=O)C(Cc1ccccc1)NC(=O)Cn1c(-c2ccc(Cl)cc2)n[nH]c1=S. The second-order valence-electron chi connectivity index (χ2n) is 6.16. The van der Waals surface area contributed by atoms with Crippen molar-refractivity contribution in [1.82, 2.24) is 20.1 Å². The number of aromatic amines is 1. The van der Waals surface area contributed by atoms with Crippen molar-refractivity contribution in [3.05, 3.63) is 70.0 Å². The molecule has 0 spiro atoms. The Balaban J connectivity index is 1.75. The molecule has 9 heteroatoms. The summed E-state index contributed by atoms with van der Waals surface area (Å²) in [5.74, 6) is -0.506. The fourth-order valence-corrected chi connectivity index (χ4v) is 3.06. The van der Waals surface area contributed by atoms with E-state index in [1.807, 2.05) is 30.3 Å². The molecule has 144 valence electrons. The Morgan fingerprint density at radius 2 is 1.86 bits per heavy atom. The van der Waals surface area contributed by atoms with Crippen molar-refractivity contribution in [3.8, 4) is 11.4 Å². The number of hydrogen-bond donors (Lipinski definition) is 3. The molecule has 7 nitrogen and oxygen atoms in total. The van der Waals surface area contributed by atoms with Crippen molar-refractivity contribution in [2.75, 3.05) is 0 Å². The minimum absolute atomic E-state index is 0.105. The Labute approximate surface area is 171 Å². The van der Waals surface area contributed by atoms with Crippen molar-refractivity contribution < 1.29 is 9.59 Å². The van der Waals surface area contributed by atoms with E-state index in [2.05, 4.69) is 15.5 Å². The number of H-pyrrole nitrogens is 1. The van der Waals surface area contributed by atoms with E-state index in [0.717, 1.165) is 11.1 Å². The van der Waals surface area contributed by atoms with Crippen molar-refractivity contribution in [1.29, 1.82) is 0 Å². The molecular weight excluding hydrogens is 398 g/mol. The van der Waals surface area contributed by atoms with E-state index in [9.17, 15) is 9.59 Å². The molecule has 0 radical (unpaired) electrons. The number of aromatic nitrogens is 3. The van der Waals surface area contributed by atoms with Gasteiger partial charge in [0, 0.05) is 17.0 Å². The van der Waals surface area contributed by atoms with Gasteiger partial charge < -0.3 is 11.1 Å². The van der Waals surface area contributed by atoms with Gasteiger partial charge in [-0.05, 0) is 42.0 Å². The highest BCUT2D eigenvalue weighted by molar-refractivity contribution is 7.71. The number of carbonyl (C=O) groups is 2. The second-order valence-corrected chi connectivity index (χ2v) is 6.98. The van der Waals surface area contributed by atoms with Crippen LogP contribution in [0.15, 0.2) is 54.6 Å². The van der Waals surface area contributed by atoms with Gasteiger partial charge in [0.1, 0.15) is 12.6 Å². The smallest absolute Gasteiger partial charge is 0.240 e. The minimum Gasteiger partial charge on any atom is -0.368 e. The number of rotatable bonds is 7. The Bertz CT molecular complexity index is 1030. The lowest BCUT2D eigenvalue weighted by Gasteiger charge is -2.16. The molecule has 3 rings (SSSR count). The lowest BCUT2D eigenvalue weighted by Crippen LogP contribution is -2.46. The average Bonchev–Trinajstić information content (AvgIpc) is 3.03. The first kappa shape index (κ1) is 19.8. The topological polar surface area (TPSA) is 106 Å². The zero-order valence-electron chi connectivity index (χ0n) is 14.8. The standard InChI is InChI=1S/C19H18ClN5O2S/c20-14-8-6-13(7-9-14)18-23-24-19(28)25(18)11-16(26)22-15(17(21)27)10-12-4-2-1-3-5-12/h1-9,15H,10-11H2,(H2,21,27)(H,22,26)(H,24,28). The third-order valence-electron chi connectivity index (χ3n) is 4.12. The number of hydrogen-bond acceptors (Lipinski definition) is 4. The Kier molecular flexibility index (Phi) is 6.23. The molecule has 2 aromatic carbocycles. The van der Waals surface area contributed by atoms with Crippen LogP contribution in [0.25, 0.3) is 11.4 Å². The lowest BCUT2D eigenvalue weighted by atomic mass is 10.1. The van der Waals surface area contributed by atoms with Gasteiger partial charge in [0.05, 0.1) is 0 Å². The molecule has 4 N–H and O–H groups in total. The van der Waals surface area contributed by atoms with Gasteiger partial charge in [-0.2, -0.15) is 5.10 Å². The first-order valence-corrected chi connectivity index (χ1v) is 9.26. The molecule has 0 aliphatic heterocycles. The van der Waals surface area contributed by atoms with Crippen LogP contribution in [0, 0.1) is 4.77 Å². The third-order valence-corrected chi connectivity index (χ3v) is 4.69. The zero-order valence-corrected chi connectivity index (χ0v) is 16.3. The number of nitrogens with one attached hydrogen (secondary N) is 2. The summed E-state index contributed by atoms with van der Waals surface area (Å²) in [6.07, 6.45) is 0.308. The van der Waals surface area contributed by atoms with Crippen LogP contribution in [0.1, 0.15) is 5.56 Å². The van der Waals surface area contributed by atoms with Crippen molar-refractivity contribution >= 4 is 35.6 Å². The average molecular weight is 416 g/mol. The van der Waals surface area contributed by atoms with E-state index >= 15 is 0 Å². The molecule has 1 heterocycles. The maximum atomic E-state index is 12.6. The number of halogens is 1. The first-order valence-electron chi connectivity index (χ1n) is 8.48. The third kappa shape index (κ3) is 4.85. The van der Waals surface area contributed by atoms with E-state index in [-0.39, 0.29) is 6.54 Å². The van der Waals surface area contributed by atoms with E-state index in [0.29, 0.717) is 22.0 Å². The fraction of sp³-hybridized carbons (Fsp3) is 0.158. The largest absolute Gasteiger partial charge is 0.368 e. The summed E-state index contributed by atoms with van der Waals surface area (Å²) in [5, 5.41) is 10.1. The van der Waals surface area contributed by atoms with Crippen LogP contribution < -0.4 is 11.1 Å². The van der Waals surface area contributed by atoms with Gasteiger partial charge in [0.25, 0.3) is 0 Å². The number of benzene rings is 2. The predicted molar refractivity (Wildman–Crippen MR) is 109 cm³/mol. The van der Waals surface area contributed by atoms with E-state index in [1.54, 1.807) is 28.8 Å². The highest BCUT2D eigenvalue weighted by Gasteiger charge is 2.20. The summed E-state index contributed by atoms with van der Waals surface area (Å²) in [7, 11) is 0. The van der Waals surface area contributed by atoms with Gasteiger partial charge in [0.15, 0.2) is 10.6 Å². The summed E-state index contributed by atoms with van der Waals surface area (Å²) in [4.78, 5) is 24.3. The van der Waals surface area contributed by atoms with E-state index < -0.39 is 17.9 Å². The summed E-state index contributed by atoms with van der Waals surface area (Å²) >= 11 is 11.2. The molecule has 0 saturated carbocycles. The van der Waals surface area contributed by atoms with Crippen LogP contribution in [-0.4, -0.2) is 32.6 Å². The minimum atomic E-state index is -0.824. The Morgan fingerprint density at radius 3 is 2.50 bits per heavy atom. The van der Waals surface area contributed by atoms with Crippen molar-refractivity contribution in [2.24, 2.45) is 5.73 Å². The number of nitrogens with zero attached hydrogens (tertiary/aromatic N) is 2. The van der Waals surface area contributed by atoms with E-state index in [1.165, 1.54) is 0 Å². The Morgan fingerprint density at radius 1 is 1.18 bits per heavy atom. The molecule has 1 atom stereocenters. The van der Waals surface area contributed by atoms with Crippen LogP contribution in [0.4, 0.5) is 0 Å². The molecule has 3 aromatic rings. The van der Waals surface area contributed by atoms with Crippen molar-refractivity contribution in [2.45, 2.75) is 19.0 Å². The number of nitrogens with two attached hydrogens (primary N) is 1. The van der Waals surface area contributed by atoms with Crippen LogP contribution in [0.5, 0.6) is 0 Å². The molecule has 0 bridgehead atoms. The van der Waals surface area contributed by atoms with Gasteiger partial charge in [-0.3, -0.25) is 19.3 Å². The van der Waals surface area contributed by atoms with Crippen LogP contribution in [0.3, 0.4) is 0 Å². The van der Waals surface area contributed by atoms with Crippen molar-refractivity contribution in [3.63, 3.8) is 0 Å². The predicted octanol–water partition coefficient (Wildman–Crippen LogP) is 2.47. The Hall–Kier alpha value is -2.97. The summed E-state index contributed by atoms with van der Waals surface area (Å²) in [6.45, 7) is -0.105. The van der Waals surface area contributed by atoms with Crippen LogP contribution >= 0.6 is 23.8 Å². The van der Waals surface area contributed by atoms with E-state index in [4.69, 9.17) is 29.6 Å². The van der Waals surface area contributed by atoms with Gasteiger partial charge in [-0.1, -0.05) is 41.9 Å². The van der Waals surface area contributed by atoms with Gasteiger partial charge in [-0.25, -0.2) is 0 Å². The van der Waals surface area contributed by atoms with Crippen LogP contribution in [-0.2, 0) is 22.6 Å². The highest BCUT2D eigenvalue weighted by Crippen LogP contribution is 2.19. The molecule has 1 aromatic heterocycles. The number of carbonyl (C=O) groups excluding carboxylic acids is 2. The van der Waals surface area contributed by atoms with Gasteiger partial charge in [-0.15, -0.1) is 0 Å². The molecular formula is C19H18ClN5O2S. The highest BCUT2D eigenvalue weighted by atomic mass is 35.5. The maximum absolute atomic E-state index is 12.6. The molecule has 1 unspecified atom stereocenters. The van der Waals surface area contributed by atoms with Gasteiger partial charge >= 0.3 is 0 Å². The summed E-state index contributed by atoms with van der Waals surface area (Å²) in [6, 6.07) is 15.5. The molecule has 0 aliphatic rings. The van der Waals surface area contributed by atoms with Gasteiger partial charge in [0.2, 0.25) is 11.8 Å². The zero-order chi connectivity index (χ0) is 20.1. The normalized spacial score (nSPS) is 11.8. The number of amides is 2. The van der Waals surface area contributed by atoms with Crippen LogP contribution in [0.2, 0.25) is 5.02 Å². The first-order chi connectivity index (χ1) is 13.4.